The van der Waals surface area contributed by atoms with E-state index in [9.17, 15) is 19.4 Å². The fourth-order valence-electron chi connectivity index (χ4n) is 7.39. The fraction of sp³-hybridized carbons (Fsp3) is 0.737. The second-order valence-corrected chi connectivity index (χ2v) is 20.6. The highest BCUT2D eigenvalue weighted by Gasteiger charge is 2.23. The maximum absolute atomic E-state index is 12.9. The first-order valence-corrected chi connectivity index (χ1v) is 28.4. The molecule has 0 aliphatic carbocycles. The van der Waals surface area contributed by atoms with Crippen LogP contribution in [0.4, 0.5) is 0 Å². The lowest BCUT2D eigenvalue weighted by molar-refractivity contribution is -0.870. The van der Waals surface area contributed by atoms with Crippen LogP contribution in [0.15, 0.2) is 85.1 Å². The largest absolute Gasteiger partial charge is 0.756 e. The number of aliphatic hydroxyl groups excluding tert-OH is 1. The van der Waals surface area contributed by atoms with Gasteiger partial charge in [-0.1, -0.05) is 227 Å². The molecule has 0 bridgehead atoms. The van der Waals surface area contributed by atoms with Crippen LogP contribution in [-0.2, 0) is 18.4 Å². The number of phosphoric ester groups is 1. The number of quaternary nitrogens is 1. The zero-order valence-corrected chi connectivity index (χ0v) is 44.3. The van der Waals surface area contributed by atoms with E-state index in [1.165, 1.54) is 109 Å². The molecule has 0 radical (unpaired) electrons. The van der Waals surface area contributed by atoms with Crippen LogP contribution in [0.3, 0.4) is 0 Å². The molecule has 0 spiro atoms. The molecule has 0 aromatic heterocycles. The van der Waals surface area contributed by atoms with Gasteiger partial charge in [0.15, 0.2) is 0 Å². The first-order chi connectivity index (χ1) is 32.0. The Balaban J connectivity index is 4.37. The van der Waals surface area contributed by atoms with E-state index in [-0.39, 0.29) is 12.5 Å². The van der Waals surface area contributed by atoms with E-state index in [1.54, 1.807) is 6.08 Å². The molecule has 382 valence electrons. The SMILES string of the molecule is CC/C=C\C/C=C\C/C=C\C/C=C\C/C=C\C/C=C\CCCCCCC(=O)NC(COP(=O)([O-])OCC[N+](C)(C)C)C(O)/C=C/CCCCCCCCCCCCCCCCCCCCC. The molecule has 0 aliphatic rings. The van der Waals surface area contributed by atoms with Gasteiger partial charge in [0.05, 0.1) is 39.9 Å². The second-order valence-electron chi connectivity index (χ2n) is 19.2. The lowest BCUT2D eigenvalue weighted by atomic mass is 10.0. The molecule has 0 aromatic carbocycles. The van der Waals surface area contributed by atoms with Gasteiger partial charge in [0, 0.05) is 6.42 Å². The van der Waals surface area contributed by atoms with Gasteiger partial charge in [-0.3, -0.25) is 9.36 Å². The predicted molar refractivity (Wildman–Crippen MR) is 283 cm³/mol. The van der Waals surface area contributed by atoms with E-state index >= 15 is 0 Å². The first kappa shape index (κ1) is 63.7. The van der Waals surface area contributed by atoms with E-state index in [1.807, 2.05) is 27.2 Å². The van der Waals surface area contributed by atoms with E-state index in [2.05, 4.69) is 92.1 Å². The molecule has 0 aromatic rings. The minimum atomic E-state index is -4.61. The zero-order chi connectivity index (χ0) is 48.5. The van der Waals surface area contributed by atoms with Gasteiger partial charge in [0.1, 0.15) is 13.2 Å². The van der Waals surface area contributed by atoms with Gasteiger partial charge in [-0.2, -0.15) is 0 Å². The number of aliphatic hydroxyl groups is 1. The summed E-state index contributed by atoms with van der Waals surface area (Å²) in [4.78, 5) is 25.5. The zero-order valence-electron chi connectivity index (χ0n) is 43.4. The summed E-state index contributed by atoms with van der Waals surface area (Å²) < 4.78 is 23.3. The second kappa shape index (κ2) is 47.7. The minimum Gasteiger partial charge on any atom is -0.756 e. The summed E-state index contributed by atoms with van der Waals surface area (Å²) in [6.07, 6.45) is 66.4. The first-order valence-electron chi connectivity index (χ1n) is 26.9. The fourth-order valence-corrected chi connectivity index (χ4v) is 8.11. The van der Waals surface area contributed by atoms with Crippen LogP contribution in [0.1, 0.15) is 219 Å². The van der Waals surface area contributed by atoms with Crippen molar-refractivity contribution in [3.05, 3.63) is 85.1 Å². The number of amides is 1. The third-order valence-corrected chi connectivity index (χ3v) is 12.6. The molecule has 0 fully saturated rings. The number of likely N-dealkylation sites (N-methyl/N-ethyl adjacent to an activating group) is 1. The van der Waals surface area contributed by atoms with E-state index in [0.717, 1.165) is 89.9 Å². The van der Waals surface area contributed by atoms with Crippen LogP contribution in [0.2, 0.25) is 0 Å². The molecule has 66 heavy (non-hydrogen) atoms. The van der Waals surface area contributed by atoms with Crippen LogP contribution in [0, 0.1) is 0 Å². The normalized spacial score (nSPS) is 14.7. The van der Waals surface area contributed by atoms with Gasteiger partial charge in [-0.05, 0) is 70.6 Å². The molecule has 9 heteroatoms. The van der Waals surface area contributed by atoms with Crippen molar-refractivity contribution in [3.63, 3.8) is 0 Å². The molecule has 1 amide bonds. The number of unbranched alkanes of at least 4 members (excludes halogenated alkanes) is 23. The molecule has 2 N–H and O–H groups in total. The number of carbonyl (C=O) groups is 1. The summed E-state index contributed by atoms with van der Waals surface area (Å²) in [7, 11) is 1.23. The quantitative estimate of drug-likeness (QED) is 0.0272. The number of nitrogens with zero attached hydrogens (tertiary/aromatic N) is 1. The van der Waals surface area contributed by atoms with Crippen molar-refractivity contribution in [2.75, 3.05) is 40.9 Å². The Kier molecular flexibility index (Phi) is 46.1. The monoisotopic (exact) mass is 943 g/mol. The van der Waals surface area contributed by atoms with Gasteiger partial charge in [0.25, 0.3) is 7.82 Å². The van der Waals surface area contributed by atoms with E-state index < -0.39 is 26.6 Å². The molecular formula is C57H103N2O6P. The van der Waals surface area contributed by atoms with Crippen molar-refractivity contribution in [1.29, 1.82) is 0 Å². The maximum atomic E-state index is 12.9. The Morgan fingerprint density at radius 1 is 0.545 bits per heavy atom. The van der Waals surface area contributed by atoms with Crippen LogP contribution >= 0.6 is 7.82 Å². The number of nitrogens with one attached hydrogen (secondary N) is 1. The third-order valence-electron chi connectivity index (χ3n) is 11.6. The number of rotatable bonds is 48. The number of hydrogen-bond acceptors (Lipinski definition) is 6. The predicted octanol–water partition coefficient (Wildman–Crippen LogP) is 15.5. The van der Waals surface area contributed by atoms with Crippen molar-refractivity contribution in [3.8, 4) is 0 Å². The van der Waals surface area contributed by atoms with Crippen molar-refractivity contribution >= 4 is 13.7 Å². The van der Waals surface area contributed by atoms with Crippen molar-refractivity contribution in [2.24, 2.45) is 0 Å². The van der Waals surface area contributed by atoms with Gasteiger partial charge in [-0.25, -0.2) is 0 Å². The molecule has 0 heterocycles. The highest BCUT2D eigenvalue weighted by Crippen LogP contribution is 2.38. The van der Waals surface area contributed by atoms with Crippen LogP contribution in [-0.4, -0.2) is 68.5 Å². The van der Waals surface area contributed by atoms with Crippen molar-refractivity contribution < 1.29 is 32.9 Å². The Labute approximate surface area is 407 Å². The minimum absolute atomic E-state index is 0.0106. The number of phosphoric acid groups is 1. The lowest BCUT2D eigenvalue weighted by Crippen LogP contribution is -2.45. The van der Waals surface area contributed by atoms with Crippen LogP contribution in [0.5, 0.6) is 0 Å². The summed E-state index contributed by atoms with van der Waals surface area (Å²) in [5.41, 5.74) is 0. The molecule has 0 rings (SSSR count). The Morgan fingerprint density at radius 3 is 1.35 bits per heavy atom. The smallest absolute Gasteiger partial charge is 0.268 e. The Morgan fingerprint density at radius 2 is 0.924 bits per heavy atom. The summed E-state index contributed by atoms with van der Waals surface area (Å²) >= 11 is 0. The standard InChI is InChI=1S/C57H103N2O6P/c1-6-8-10-12-14-16-18-20-22-24-26-28-29-31-33-35-37-39-41-43-45-47-49-51-57(61)58-55(54-65-66(62,63)64-53-52-59(3,4)5)56(60)50-48-46-44-42-40-38-36-34-32-30-27-25-23-21-19-17-15-13-11-9-7-2/h8,10,14,16,20,22,26,28,31,33,37,39,48,50,55-56,60H,6-7,9,11-13,15,17-19,21,23-25,27,29-30,32,34-36,38,40-47,49,51-54H2,1-5H3,(H-,58,61,62,63)/b10-8-,16-14-,22-20-,28-26-,33-31-,39-37-,50-48+. The molecule has 0 saturated carbocycles. The number of carbonyl (C=O) groups excluding carboxylic acids is 1. The summed E-state index contributed by atoms with van der Waals surface area (Å²) in [6.45, 7) is 4.52. The molecule has 0 aliphatic heterocycles. The lowest BCUT2D eigenvalue weighted by Gasteiger charge is -2.29. The van der Waals surface area contributed by atoms with E-state index in [4.69, 9.17) is 9.05 Å². The average molecular weight is 943 g/mol. The van der Waals surface area contributed by atoms with Gasteiger partial charge in [-0.15, -0.1) is 0 Å². The van der Waals surface area contributed by atoms with Crippen LogP contribution < -0.4 is 10.2 Å². The van der Waals surface area contributed by atoms with Gasteiger partial charge < -0.3 is 28.8 Å². The molecule has 3 unspecified atom stereocenters. The molecular weight excluding hydrogens is 840 g/mol. The highest BCUT2D eigenvalue weighted by atomic mass is 31.2. The summed E-state index contributed by atoms with van der Waals surface area (Å²) in [5.74, 6) is -0.224. The molecule has 8 nitrogen and oxygen atoms in total. The number of allylic oxidation sites excluding steroid dienone is 13. The van der Waals surface area contributed by atoms with Gasteiger partial charge >= 0.3 is 0 Å². The summed E-state index contributed by atoms with van der Waals surface area (Å²) in [5, 5.41) is 13.9. The summed E-state index contributed by atoms with van der Waals surface area (Å²) in [6, 6.07) is -0.906. The van der Waals surface area contributed by atoms with Crippen LogP contribution in [0.25, 0.3) is 0 Å². The van der Waals surface area contributed by atoms with Gasteiger partial charge in [0.2, 0.25) is 5.91 Å². The number of hydrogen-bond donors (Lipinski definition) is 2. The third kappa shape index (κ3) is 49.6. The van der Waals surface area contributed by atoms with E-state index in [0.29, 0.717) is 17.4 Å². The van der Waals surface area contributed by atoms with Crippen molar-refractivity contribution in [1.82, 2.24) is 5.32 Å². The highest BCUT2D eigenvalue weighted by molar-refractivity contribution is 7.45. The molecule has 0 saturated heterocycles. The topological polar surface area (TPSA) is 108 Å². The Hall–Kier alpha value is -2.32. The Bertz CT molecular complexity index is 1350. The maximum Gasteiger partial charge on any atom is 0.268 e. The molecule has 3 atom stereocenters. The average Bonchev–Trinajstić information content (AvgIpc) is 3.28. The van der Waals surface area contributed by atoms with Crippen molar-refractivity contribution in [2.45, 2.75) is 231 Å².